The van der Waals surface area contributed by atoms with E-state index in [1.807, 2.05) is 9.58 Å². The summed E-state index contributed by atoms with van der Waals surface area (Å²) in [6.45, 7) is 2.05. The van der Waals surface area contributed by atoms with E-state index in [1.54, 1.807) is 30.3 Å². The van der Waals surface area contributed by atoms with E-state index in [2.05, 4.69) is 20.5 Å². The number of aryl methyl sites for hydroxylation is 2. The summed E-state index contributed by atoms with van der Waals surface area (Å²) in [7, 11) is 1.78. The second kappa shape index (κ2) is 6.42. The highest BCUT2D eigenvalue weighted by Gasteiger charge is 2.51. The molecule has 2 atom stereocenters. The number of carbonyl (C=O) groups is 2. The van der Waals surface area contributed by atoms with Crippen LogP contribution in [0.3, 0.4) is 0 Å². The molecule has 2 fully saturated rings. The first-order chi connectivity index (χ1) is 13.6. The summed E-state index contributed by atoms with van der Waals surface area (Å²) in [4.78, 5) is 32.1. The van der Waals surface area contributed by atoms with Crippen molar-refractivity contribution in [3.63, 3.8) is 0 Å². The van der Waals surface area contributed by atoms with E-state index in [9.17, 15) is 9.59 Å². The molecule has 1 saturated heterocycles. The average molecular weight is 383 g/mol. The molecule has 4 heterocycles. The smallest absolute Gasteiger partial charge is 0.272 e. The summed E-state index contributed by atoms with van der Waals surface area (Å²) >= 11 is 0. The predicted molar refractivity (Wildman–Crippen MR) is 99.0 cm³/mol. The van der Waals surface area contributed by atoms with Crippen molar-refractivity contribution < 1.29 is 9.59 Å². The van der Waals surface area contributed by atoms with Crippen LogP contribution >= 0.6 is 0 Å². The van der Waals surface area contributed by atoms with Crippen LogP contribution in [0.15, 0.2) is 18.6 Å². The van der Waals surface area contributed by atoms with E-state index in [0.29, 0.717) is 18.8 Å². The highest BCUT2D eigenvalue weighted by atomic mass is 16.2. The molecule has 2 aliphatic heterocycles. The van der Waals surface area contributed by atoms with Gasteiger partial charge in [-0.05, 0) is 31.7 Å². The lowest BCUT2D eigenvalue weighted by Gasteiger charge is -2.41. The van der Waals surface area contributed by atoms with Crippen molar-refractivity contribution in [1.29, 1.82) is 0 Å². The third-order valence-electron chi connectivity index (χ3n) is 6.81. The summed E-state index contributed by atoms with van der Waals surface area (Å²) in [6.07, 6.45) is 7.96. The highest BCUT2D eigenvalue weighted by molar-refractivity contribution is 5.92. The SMILES string of the molecule is Cn1nccc1C(=O)N1CC[C@]2(CCn3ncnc3[C@@H]2NC(=O)C2CCC2)C1. The summed E-state index contributed by atoms with van der Waals surface area (Å²) in [6, 6.07) is 1.54. The third kappa shape index (κ3) is 2.63. The molecule has 9 heteroatoms. The Balaban J connectivity index is 1.41. The second-order valence-electron chi connectivity index (χ2n) is 8.34. The quantitative estimate of drug-likeness (QED) is 0.849. The molecule has 0 aromatic carbocycles. The molecule has 0 unspecified atom stereocenters. The van der Waals surface area contributed by atoms with Crippen molar-refractivity contribution in [3.8, 4) is 0 Å². The normalized spacial score (nSPS) is 26.9. The maximum Gasteiger partial charge on any atom is 0.272 e. The molecular weight excluding hydrogens is 358 g/mol. The zero-order valence-corrected chi connectivity index (χ0v) is 16.0. The molecule has 9 nitrogen and oxygen atoms in total. The number of fused-ring (bicyclic) bond motifs is 1. The average Bonchev–Trinajstić information content (AvgIpc) is 3.36. The lowest BCUT2D eigenvalue weighted by atomic mass is 9.73. The van der Waals surface area contributed by atoms with Crippen LogP contribution in [-0.4, -0.2) is 54.3 Å². The molecule has 3 aliphatic rings. The molecule has 2 amide bonds. The van der Waals surface area contributed by atoms with Gasteiger partial charge in [0.25, 0.3) is 5.91 Å². The van der Waals surface area contributed by atoms with Gasteiger partial charge in [0.15, 0.2) is 0 Å². The first-order valence-corrected chi connectivity index (χ1v) is 10.0. The van der Waals surface area contributed by atoms with Crippen LogP contribution in [0, 0.1) is 11.3 Å². The Hall–Kier alpha value is -2.71. The number of hydrogen-bond acceptors (Lipinski definition) is 5. The molecule has 148 valence electrons. The van der Waals surface area contributed by atoms with Crippen LogP contribution in [0.5, 0.6) is 0 Å². The van der Waals surface area contributed by atoms with Crippen LogP contribution in [0.25, 0.3) is 0 Å². The molecule has 2 aromatic heterocycles. The fraction of sp³-hybridized carbons (Fsp3) is 0.632. The lowest BCUT2D eigenvalue weighted by molar-refractivity contribution is -0.129. The van der Waals surface area contributed by atoms with Gasteiger partial charge in [0.05, 0.1) is 6.04 Å². The summed E-state index contributed by atoms with van der Waals surface area (Å²) in [5.41, 5.74) is 0.391. The van der Waals surface area contributed by atoms with Gasteiger partial charge in [0, 0.05) is 44.2 Å². The highest BCUT2D eigenvalue weighted by Crippen LogP contribution is 2.48. The molecule has 0 radical (unpaired) electrons. The van der Waals surface area contributed by atoms with Gasteiger partial charge in [-0.2, -0.15) is 10.2 Å². The number of carbonyl (C=O) groups excluding carboxylic acids is 2. The van der Waals surface area contributed by atoms with E-state index in [1.165, 1.54) is 0 Å². The Labute approximate surface area is 163 Å². The second-order valence-corrected chi connectivity index (χ2v) is 8.34. The van der Waals surface area contributed by atoms with Gasteiger partial charge in [-0.3, -0.25) is 14.3 Å². The van der Waals surface area contributed by atoms with Gasteiger partial charge in [-0.25, -0.2) is 9.67 Å². The van der Waals surface area contributed by atoms with Crippen molar-refractivity contribution in [3.05, 3.63) is 30.1 Å². The van der Waals surface area contributed by atoms with Gasteiger partial charge >= 0.3 is 0 Å². The minimum absolute atomic E-state index is 0.00650. The topological polar surface area (TPSA) is 97.9 Å². The van der Waals surface area contributed by atoms with E-state index in [4.69, 9.17) is 0 Å². The lowest BCUT2D eigenvalue weighted by Crippen LogP contribution is -2.49. The Morgan fingerprint density at radius 3 is 2.75 bits per heavy atom. The number of rotatable bonds is 3. The molecule has 1 spiro atoms. The minimum Gasteiger partial charge on any atom is -0.345 e. The molecule has 1 saturated carbocycles. The summed E-state index contributed by atoms with van der Waals surface area (Å²) < 4.78 is 3.50. The third-order valence-corrected chi connectivity index (χ3v) is 6.81. The zero-order chi connectivity index (χ0) is 19.3. The summed E-state index contributed by atoms with van der Waals surface area (Å²) in [5, 5.41) is 11.7. The Bertz CT molecular complexity index is 915. The van der Waals surface area contributed by atoms with Gasteiger partial charge in [-0.1, -0.05) is 6.42 Å². The number of likely N-dealkylation sites (tertiary alicyclic amines) is 1. The first-order valence-electron chi connectivity index (χ1n) is 10.0. The van der Waals surface area contributed by atoms with Crippen LogP contribution in [0.1, 0.15) is 54.5 Å². The number of hydrogen-bond donors (Lipinski definition) is 1. The fourth-order valence-electron chi connectivity index (χ4n) is 4.82. The molecule has 0 bridgehead atoms. The van der Waals surface area contributed by atoms with E-state index >= 15 is 0 Å². The molecule has 1 aliphatic carbocycles. The van der Waals surface area contributed by atoms with Crippen molar-refractivity contribution >= 4 is 11.8 Å². The van der Waals surface area contributed by atoms with Crippen molar-refractivity contribution in [2.45, 2.75) is 44.7 Å². The number of aromatic nitrogens is 5. The fourth-order valence-corrected chi connectivity index (χ4v) is 4.82. The van der Waals surface area contributed by atoms with Gasteiger partial charge in [0.1, 0.15) is 17.8 Å². The molecule has 5 rings (SSSR count). The van der Waals surface area contributed by atoms with Gasteiger partial charge < -0.3 is 10.2 Å². The van der Waals surface area contributed by atoms with E-state index in [0.717, 1.165) is 44.5 Å². The van der Waals surface area contributed by atoms with Gasteiger partial charge in [-0.15, -0.1) is 0 Å². The standard InChI is InChI=1S/C19H25N7O2/c1-24-14(5-8-21-24)18(28)25-9-6-19(11-25)7-10-26-16(20-12-22-26)15(19)23-17(27)13-3-2-4-13/h5,8,12-13,15H,2-4,6-7,9-11H2,1H3,(H,23,27)/t15-,19-/m0/s1. The molecule has 1 N–H and O–H groups in total. The Kier molecular flexibility index (Phi) is 3.99. The van der Waals surface area contributed by atoms with Crippen molar-refractivity contribution in [2.24, 2.45) is 18.4 Å². The number of nitrogens with zero attached hydrogens (tertiary/aromatic N) is 6. The maximum absolute atomic E-state index is 13.0. The van der Waals surface area contributed by atoms with Crippen molar-refractivity contribution in [1.82, 2.24) is 34.8 Å². The summed E-state index contributed by atoms with van der Waals surface area (Å²) in [5.74, 6) is 1.04. The molecule has 2 aromatic rings. The van der Waals surface area contributed by atoms with Crippen LogP contribution in [-0.2, 0) is 18.4 Å². The molecular formula is C19H25N7O2. The maximum atomic E-state index is 13.0. The minimum atomic E-state index is -0.207. The van der Waals surface area contributed by atoms with Crippen LogP contribution < -0.4 is 5.32 Å². The van der Waals surface area contributed by atoms with E-state index in [-0.39, 0.29) is 29.2 Å². The van der Waals surface area contributed by atoms with Crippen LogP contribution in [0.2, 0.25) is 0 Å². The van der Waals surface area contributed by atoms with Crippen LogP contribution in [0.4, 0.5) is 0 Å². The van der Waals surface area contributed by atoms with Crippen molar-refractivity contribution in [2.75, 3.05) is 13.1 Å². The predicted octanol–water partition coefficient (Wildman–Crippen LogP) is 0.905. The number of nitrogens with one attached hydrogen (secondary N) is 1. The largest absolute Gasteiger partial charge is 0.345 e. The van der Waals surface area contributed by atoms with Gasteiger partial charge in [0.2, 0.25) is 5.91 Å². The Morgan fingerprint density at radius 2 is 2.04 bits per heavy atom. The molecule has 28 heavy (non-hydrogen) atoms. The number of amides is 2. The monoisotopic (exact) mass is 383 g/mol. The van der Waals surface area contributed by atoms with E-state index < -0.39 is 0 Å². The zero-order valence-electron chi connectivity index (χ0n) is 16.0. The Morgan fingerprint density at radius 1 is 1.21 bits per heavy atom. The first kappa shape index (κ1) is 17.4.